The molecular weight excluding hydrogens is 370 g/mol. The van der Waals surface area contributed by atoms with Crippen molar-refractivity contribution in [3.8, 4) is 0 Å². The summed E-state index contributed by atoms with van der Waals surface area (Å²) in [6.45, 7) is 6.43. The topological polar surface area (TPSA) is 93.3 Å². The van der Waals surface area contributed by atoms with E-state index < -0.39 is 0 Å². The molecule has 3 heterocycles. The largest absolute Gasteiger partial charge is 0.361 e. The molecule has 2 aromatic heterocycles. The smallest absolute Gasteiger partial charge is 0.267 e. The summed E-state index contributed by atoms with van der Waals surface area (Å²) in [5.41, 5.74) is 3.32. The molecule has 0 spiro atoms. The zero-order chi connectivity index (χ0) is 20.4. The minimum Gasteiger partial charge on any atom is -0.361 e. The molecule has 1 saturated heterocycles. The molecule has 0 radical (unpaired) electrons. The van der Waals surface area contributed by atoms with E-state index in [-0.39, 0.29) is 17.5 Å². The van der Waals surface area contributed by atoms with Gasteiger partial charge in [0, 0.05) is 25.2 Å². The van der Waals surface area contributed by atoms with Gasteiger partial charge < -0.3 is 9.84 Å². The van der Waals surface area contributed by atoms with Crippen LogP contribution in [-0.4, -0.2) is 51.4 Å². The number of nitrogens with zero attached hydrogens (tertiary/aromatic N) is 4. The van der Waals surface area contributed by atoms with Gasteiger partial charge in [-0.2, -0.15) is 5.10 Å². The highest BCUT2D eigenvalue weighted by atomic mass is 16.5. The number of hydrogen-bond acceptors (Lipinski definition) is 6. The molecule has 0 bridgehead atoms. The number of carbonyl (C=O) groups excluding carboxylic acids is 1. The van der Waals surface area contributed by atoms with E-state index in [1.165, 1.54) is 0 Å². The van der Waals surface area contributed by atoms with Crippen LogP contribution in [0.5, 0.6) is 0 Å². The van der Waals surface area contributed by atoms with Crippen molar-refractivity contribution >= 4 is 5.91 Å². The van der Waals surface area contributed by atoms with Gasteiger partial charge in [0.1, 0.15) is 11.3 Å². The maximum absolute atomic E-state index is 12.5. The van der Waals surface area contributed by atoms with Crippen molar-refractivity contribution in [2.45, 2.75) is 65.0 Å². The third-order valence-corrected chi connectivity index (χ3v) is 6.13. The molecule has 1 atom stereocenters. The highest BCUT2D eigenvalue weighted by molar-refractivity contribution is 5.96. The summed E-state index contributed by atoms with van der Waals surface area (Å²) in [5.74, 6) is 0.408. The first-order chi connectivity index (χ1) is 14.0. The molecule has 1 amide bonds. The summed E-state index contributed by atoms with van der Waals surface area (Å²) in [6, 6.07) is 2.02. The molecule has 8 nitrogen and oxygen atoms in total. The van der Waals surface area contributed by atoms with Crippen LogP contribution in [0.25, 0.3) is 0 Å². The molecular formula is C21H29N5O3. The lowest BCUT2D eigenvalue weighted by molar-refractivity contribution is 0.0907. The van der Waals surface area contributed by atoms with E-state index in [1.807, 2.05) is 0 Å². The number of amides is 1. The minimum atomic E-state index is -0.136. The molecule has 0 saturated carbocycles. The molecule has 1 unspecified atom stereocenters. The summed E-state index contributed by atoms with van der Waals surface area (Å²) in [6.07, 6.45) is 6.35. The number of nitrogens with one attached hydrogen (secondary N) is 1. The van der Waals surface area contributed by atoms with E-state index in [9.17, 15) is 9.59 Å². The first-order valence-corrected chi connectivity index (χ1v) is 10.6. The Kier molecular flexibility index (Phi) is 5.80. The fraction of sp³-hybridized carbons (Fsp3) is 0.619. The molecule has 4 rings (SSSR count). The molecule has 1 aliphatic carbocycles. The number of aryl methyl sites for hydroxylation is 4. The summed E-state index contributed by atoms with van der Waals surface area (Å²) >= 11 is 0. The van der Waals surface area contributed by atoms with Gasteiger partial charge in [-0.3, -0.25) is 14.5 Å². The highest BCUT2D eigenvalue weighted by Crippen LogP contribution is 2.19. The van der Waals surface area contributed by atoms with Crippen LogP contribution >= 0.6 is 0 Å². The van der Waals surface area contributed by atoms with Crippen LogP contribution < -0.4 is 10.9 Å². The van der Waals surface area contributed by atoms with Crippen molar-refractivity contribution < 1.29 is 9.32 Å². The second-order valence-corrected chi connectivity index (χ2v) is 8.13. The lowest BCUT2D eigenvalue weighted by Crippen LogP contribution is -2.48. The number of fused-ring (bicyclic) bond motifs is 1. The molecule has 8 heteroatoms. The van der Waals surface area contributed by atoms with Crippen LogP contribution in [0.2, 0.25) is 0 Å². The van der Waals surface area contributed by atoms with Gasteiger partial charge in [0.2, 0.25) is 0 Å². The van der Waals surface area contributed by atoms with Crippen molar-refractivity contribution in [3.63, 3.8) is 0 Å². The van der Waals surface area contributed by atoms with Crippen molar-refractivity contribution in [2.24, 2.45) is 0 Å². The quantitative estimate of drug-likeness (QED) is 0.793. The molecule has 1 fully saturated rings. The fourth-order valence-electron chi connectivity index (χ4n) is 4.51. The lowest BCUT2D eigenvalue weighted by Gasteiger charge is -2.35. The normalized spacial score (nSPS) is 19.3. The predicted molar refractivity (Wildman–Crippen MR) is 108 cm³/mol. The number of hydrogen-bond donors (Lipinski definition) is 1. The monoisotopic (exact) mass is 399 g/mol. The van der Waals surface area contributed by atoms with Crippen molar-refractivity contribution in [1.82, 2.24) is 25.2 Å². The maximum atomic E-state index is 12.5. The molecule has 2 aliphatic rings. The van der Waals surface area contributed by atoms with Crippen LogP contribution in [-0.2, 0) is 19.4 Å². The van der Waals surface area contributed by atoms with Crippen LogP contribution in [0.15, 0.2) is 15.4 Å². The summed E-state index contributed by atoms with van der Waals surface area (Å²) < 4.78 is 6.71. The number of piperidine rings is 1. The molecule has 1 aliphatic heterocycles. The molecule has 2 aromatic rings. The van der Waals surface area contributed by atoms with Gasteiger partial charge in [-0.25, -0.2) is 4.68 Å². The number of rotatable bonds is 6. The molecule has 29 heavy (non-hydrogen) atoms. The summed E-state index contributed by atoms with van der Waals surface area (Å²) in [7, 11) is 0. The maximum Gasteiger partial charge on any atom is 0.267 e. The SMILES string of the molecule is Cc1noc(C)c1C(=O)NCC1CCCCN1CCn1nc2c(cc1=O)CCC2. The third kappa shape index (κ3) is 4.27. The first kappa shape index (κ1) is 19.8. The Morgan fingerprint density at radius 2 is 2.10 bits per heavy atom. The van der Waals surface area contributed by atoms with Gasteiger partial charge in [-0.15, -0.1) is 0 Å². The van der Waals surface area contributed by atoms with Gasteiger partial charge in [0.05, 0.1) is 17.9 Å². The average Bonchev–Trinajstić information content (AvgIpc) is 3.30. The highest BCUT2D eigenvalue weighted by Gasteiger charge is 2.25. The van der Waals surface area contributed by atoms with Crippen LogP contribution in [0.3, 0.4) is 0 Å². The van der Waals surface area contributed by atoms with Crippen LogP contribution in [0, 0.1) is 13.8 Å². The zero-order valence-corrected chi connectivity index (χ0v) is 17.2. The van der Waals surface area contributed by atoms with E-state index in [4.69, 9.17) is 4.52 Å². The van der Waals surface area contributed by atoms with E-state index in [0.717, 1.165) is 62.9 Å². The number of likely N-dealkylation sites (tertiary alicyclic amines) is 1. The Balaban J connectivity index is 1.37. The lowest BCUT2D eigenvalue weighted by atomic mass is 10.0. The molecule has 1 N–H and O–H groups in total. The van der Waals surface area contributed by atoms with Gasteiger partial charge in [-0.05, 0) is 58.1 Å². The Morgan fingerprint density at radius 3 is 2.90 bits per heavy atom. The van der Waals surface area contributed by atoms with Gasteiger partial charge >= 0.3 is 0 Å². The second kappa shape index (κ2) is 8.49. The average molecular weight is 399 g/mol. The van der Waals surface area contributed by atoms with E-state index in [0.29, 0.717) is 30.1 Å². The van der Waals surface area contributed by atoms with Gasteiger partial charge in [-0.1, -0.05) is 11.6 Å². The Bertz CT molecular complexity index is 929. The van der Waals surface area contributed by atoms with Crippen LogP contribution in [0.1, 0.15) is 58.8 Å². The summed E-state index contributed by atoms with van der Waals surface area (Å²) in [4.78, 5) is 27.3. The van der Waals surface area contributed by atoms with Crippen molar-refractivity contribution in [3.05, 3.63) is 44.7 Å². The Morgan fingerprint density at radius 1 is 1.24 bits per heavy atom. The predicted octanol–water partition coefficient (Wildman–Crippen LogP) is 1.62. The van der Waals surface area contributed by atoms with Crippen LogP contribution in [0.4, 0.5) is 0 Å². The second-order valence-electron chi connectivity index (χ2n) is 8.13. The van der Waals surface area contributed by atoms with Gasteiger partial charge in [0.25, 0.3) is 11.5 Å². The van der Waals surface area contributed by atoms with E-state index >= 15 is 0 Å². The molecule has 0 aromatic carbocycles. The van der Waals surface area contributed by atoms with Crippen molar-refractivity contribution in [1.29, 1.82) is 0 Å². The number of aromatic nitrogens is 3. The Labute approximate surface area is 170 Å². The fourth-order valence-corrected chi connectivity index (χ4v) is 4.51. The first-order valence-electron chi connectivity index (χ1n) is 10.6. The number of carbonyl (C=O) groups is 1. The zero-order valence-electron chi connectivity index (χ0n) is 17.2. The molecule has 156 valence electrons. The van der Waals surface area contributed by atoms with Gasteiger partial charge in [0.15, 0.2) is 0 Å². The van der Waals surface area contributed by atoms with E-state index in [1.54, 1.807) is 24.6 Å². The van der Waals surface area contributed by atoms with E-state index in [2.05, 4.69) is 20.5 Å². The van der Waals surface area contributed by atoms with Crippen molar-refractivity contribution in [2.75, 3.05) is 19.6 Å². The summed E-state index contributed by atoms with van der Waals surface area (Å²) in [5, 5.41) is 11.5. The minimum absolute atomic E-state index is 0.00841. The Hall–Kier alpha value is -2.48. The standard InChI is InChI=1S/C21H29N5O3/c1-14-20(15(2)29-24-14)21(28)22-13-17-7-3-4-9-25(17)10-11-26-19(27)12-16-6-5-8-18(16)23-26/h12,17H,3-11,13H2,1-2H3,(H,22,28). The third-order valence-electron chi connectivity index (χ3n) is 6.13.